The van der Waals surface area contributed by atoms with Gasteiger partial charge in [0.25, 0.3) is 0 Å². The molecule has 2 atom stereocenters. The number of likely N-dealkylation sites (tertiary alicyclic amines) is 1. The lowest BCUT2D eigenvalue weighted by Gasteiger charge is -2.38. The van der Waals surface area contributed by atoms with E-state index in [-0.39, 0.29) is 12.8 Å². The zero-order valence-corrected chi connectivity index (χ0v) is 17.2. The molecule has 0 N–H and O–H groups in total. The fourth-order valence-corrected chi connectivity index (χ4v) is 3.10. The summed E-state index contributed by atoms with van der Waals surface area (Å²) in [5, 5.41) is 0. The summed E-state index contributed by atoms with van der Waals surface area (Å²) < 4.78 is 25.0. The molecule has 0 aromatic heterocycles. The number of rotatable bonds is 2. The van der Waals surface area contributed by atoms with Crippen molar-refractivity contribution in [2.75, 3.05) is 0 Å². The van der Waals surface area contributed by atoms with Crippen LogP contribution in [0.3, 0.4) is 0 Å². The molecule has 6 nitrogen and oxygen atoms in total. The van der Waals surface area contributed by atoms with E-state index >= 15 is 0 Å². The Morgan fingerprint density at radius 2 is 1.61 bits per heavy atom. The minimum Gasteiger partial charge on any atom is -0.458 e. The Hall–Kier alpha value is -2.44. The molecular weight excluding hydrogens is 365 g/mol. The Morgan fingerprint density at radius 1 is 1.04 bits per heavy atom. The highest BCUT2D eigenvalue weighted by Gasteiger charge is 2.45. The minimum atomic E-state index is -1.18. The van der Waals surface area contributed by atoms with Gasteiger partial charge in [0.05, 0.1) is 0 Å². The van der Waals surface area contributed by atoms with Gasteiger partial charge in [0, 0.05) is 6.42 Å². The van der Waals surface area contributed by atoms with Gasteiger partial charge in [0.1, 0.15) is 23.1 Å². The van der Waals surface area contributed by atoms with Crippen molar-refractivity contribution in [3.05, 3.63) is 35.6 Å². The second-order valence-corrected chi connectivity index (χ2v) is 8.95. The molecule has 1 aliphatic heterocycles. The highest BCUT2D eigenvalue weighted by molar-refractivity contribution is 5.98. The average Bonchev–Trinajstić information content (AvgIpc) is 2.51. The predicted octanol–water partition coefficient (Wildman–Crippen LogP) is 4.18. The largest absolute Gasteiger partial charge is 0.458 e. The maximum absolute atomic E-state index is 14.2. The number of hydrogen-bond donors (Lipinski definition) is 0. The molecule has 2 amide bonds. The van der Waals surface area contributed by atoms with Crippen LogP contribution in [0.2, 0.25) is 0 Å². The molecule has 1 unspecified atom stereocenters. The van der Waals surface area contributed by atoms with Gasteiger partial charge in [0.2, 0.25) is 5.91 Å². The number of benzene rings is 1. The molecule has 0 aliphatic carbocycles. The lowest BCUT2D eigenvalue weighted by molar-refractivity contribution is -0.166. The van der Waals surface area contributed by atoms with Crippen LogP contribution < -0.4 is 0 Å². The first-order valence-electron chi connectivity index (χ1n) is 9.31. The Bertz CT molecular complexity index is 763. The molecule has 1 heterocycles. The van der Waals surface area contributed by atoms with E-state index in [1.54, 1.807) is 59.7 Å². The Balaban J connectivity index is 2.37. The SMILES string of the molecule is CC(C)(C)OC(=O)[C@H]1CC(c2ccccc2F)CC(=O)N1C(=O)OC(C)(C)C. The first-order valence-corrected chi connectivity index (χ1v) is 9.31. The molecule has 1 aromatic rings. The zero-order valence-electron chi connectivity index (χ0n) is 17.2. The fraction of sp³-hybridized carbons (Fsp3) is 0.571. The molecule has 0 radical (unpaired) electrons. The van der Waals surface area contributed by atoms with Gasteiger partial charge in [-0.2, -0.15) is 0 Å². The topological polar surface area (TPSA) is 72.9 Å². The predicted molar refractivity (Wildman–Crippen MR) is 101 cm³/mol. The number of amides is 2. The second-order valence-electron chi connectivity index (χ2n) is 8.95. The van der Waals surface area contributed by atoms with Crippen LogP contribution in [-0.2, 0) is 19.1 Å². The van der Waals surface area contributed by atoms with Gasteiger partial charge >= 0.3 is 12.1 Å². The molecule has 0 saturated carbocycles. The van der Waals surface area contributed by atoms with Gasteiger partial charge < -0.3 is 9.47 Å². The summed E-state index contributed by atoms with van der Waals surface area (Å²) >= 11 is 0. The van der Waals surface area contributed by atoms with Crippen LogP contribution in [0.4, 0.5) is 9.18 Å². The summed E-state index contributed by atoms with van der Waals surface area (Å²) in [6.45, 7) is 10.1. The van der Waals surface area contributed by atoms with Gasteiger partial charge in [-0.05, 0) is 65.5 Å². The van der Waals surface area contributed by atoms with Gasteiger partial charge in [-0.1, -0.05) is 18.2 Å². The highest BCUT2D eigenvalue weighted by Crippen LogP contribution is 2.35. The van der Waals surface area contributed by atoms with Gasteiger partial charge in [-0.3, -0.25) is 4.79 Å². The third kappa shape index (κ3) is 5.53. The summed E-state index contributed by atoms with van der Waals surface area (Å²) in [6.07, 6.45) is -0.930. The summed E-state index contributed by atoms with van der Waals surface area (Å²) in [6, 6.07) is 4.94. The number of ether oxygens (including phenoxy) is 2. The van der Waals surface area contributed by atoms with Gasteiger partial charge in [-0.25, -0.2) is 18.9 Å². The zero-order chi connectivity index (χ0) is 21.3. The van der Waals surface area contributed by atoms with E-state index in [1.165, 1.54) is 6.07 Å². The van der Waals surface area contributed by atoms with Crippen molar-refractivity contribution in [3.8, 4) is 0 Å². The van der Waals surface area contributed by atoms with Crippen LogP contribution in [0.25, 0.3) is 0 Å². The number of esters is 1. The van der Waals surface area contributed by atoms with Crippen LogP contribution in [0.1, 0.15) is 65.9 Å². The molecule has 1 aliphatic rings. The normalized spacial score (nSPS) is 20.7. The van der Waals surface area contributed by atoms with E-state index in [0.29, 0.717) is 5.56 Å². The number of carbonyl (C=O) groups is 3. The van der Waals surface area contributed by atoms with E-state index in [0.717, 1.165) is 4.90 Å². The van der Waals surface area contributed by atoms with Crippen molar-refractivity contribution in [1.29, 1.82) is 0 Å². The van der Waals surface area contributed by atoms with E-state index < -0.39 is 46.9 Å². The van der Waals surface area contributed by atoms with Crippen molar-refractivity contribution in [2.24, 2.45) is 0 Å². The van der Waals surface area contributed by atoms with Crippen molar-refractivity contribution in [1.82, 2.24) is 4.90 Å². The van der Waals surface area contributed by atoms with Crippen molar-refractivity contribution in [2.45, 2.75) is 77.5 Å². The molecule has 2 rings (SSSR count). The lowest BCUT2D eigenvalue weighted by atomic mass is 9.84. The van der Waals surface area contributed by atoms with Crippen molar-refractivity contribution >= 4 is 18.0 Å². The average molecular weight is 393 g/mol. The molecular formula is C21H28FNO5. The molecule has 1 aromatic carbocycles. The summed E-state index contributed by atoms with van der Waals surface area (Å²) in [5.74, 6) is -2.30. The number of nitrogens with zero attached hydrogens (tertiary/aromatic N) is 1. The fourth-order valence-electron chi connectivity index (χ4n) is 3.10. The van der Waals surface area contributed by atoms with Crippen LogP contribution in [-0.4, -0.2) is 40.1 Å². The third-order valence-electron chi connectivity index (χ3n) is 4.12. The molecule has 7 heteroatoms. The highest BCUT2D eigenvalue weighted by atomic mass is 19.1. The molecule has 1 saturated heterocycles. The number of halogens is 1. The summed E-state index contributed by atoms with van der Waals surface area (Å²) in [4.78, 5) is 39.0. The Kier molecular flexibility index (Phi) is 6.16. The van der Waals surface area contributed by atoms with Gasteiger partial charge in [-0.15, -0.1) is 0 Å². The Labute approximate surface area is 165 Å². The summed E-state index contributed by atoms with van der Waals surface area (Å²) in [7, 11) is 0. The Morgan fingerprint density at radius 3 is 2.14 bits per heavy atom. The van der Waals surface area contributed by atoms with E-state index in [1.807, 2.05) is 0 Å². The van der Waals surface area contributed by atoms with E-state index in [4.69, 9.17) is 9.47 Å². The molecule has 28 heavy (non-hydrogen) atoms. The van der Waals surface area contributed by atoms with Gasteiger partial charge in [0.15, 0.2) is 0 Å². The van der Waals surface area contributed by atoms with Crippen LogP contribution >= 0.6 is 0 Å². The van der Waals surface area contributed by atoms with E-state index in [9.17, 15) is 18.8 Å². The first-order chi connectivity index (χ1) is 12.8. The molecule has 0 bridgehead atoms. The van der Waals surface area contributed by atoms with Crippen molar-refractivity contribution in [3.63, 3.8) is 0 Å². The minimum absolute atomic E-state index is 0.0703. The number of hydrogen-bond acceptors (Lipinski definition) is 5. The standard InChI is InChI=1S/C21H28FNO5/c1-20(2,3)27-18(25)16-11-13(14-9-7-8-10-15(14)22)12-17(24)23(16)19(26)28-21(4,5)6/h7-10,13,16H,11-12H2,1-6H3/t13?,16-/m1/s1. The second kappa shape index (κ2) is 7.89. The maximum atomic E-state index is 14.2. The maximum Gasteiger partial charge on any atom is 0.417 e. The number of piperidine rings is 1. The monoisotopic (exact) mass is 393 g/mol. The molecule has 1 fully saturated rings. The van der Waals surface area contributed by atoms with E-state index in [2.05, 4.69) is 0 Å². The van der Waals surface area contributed by atoms with Crippen LogP contribution in [0.15, 0.2) is 24.3 Å². The molecule has 154 valence electrons. The quantitative estimate of drug-likeness (QED) is 0.705. The van der Waals surface area contributed by atoms with Crippen LogP contribution in [0.5, 0.6) is 0 Å². The number of carbonyl (C=O) groups excluding carboxylic acids is 3. The lowest BCUT2D eigenvalue weighted by Crippen LogP contribution is -2.55. The first kappa shape index (κ1) is 21.9. The smallest absolute Gasteiger partial charge is 0.417 e. The van der Waals surface area contributed by atoms with Crippen LogP contribution in [0, 0.1) is 5.82 Å². The summed E-state index contributed by atoms with van der Waals surface area (Å²) in [5.41, 5.74) is -1.30. The van der Waals surface area contributed by atoms with Crippen molar-refractivity contribution < 1.29 is 28.2 Å². The molecule has 0 spiro atoms. The third-order valence-corrected chi connectivity index (χ3v) is 4.12. The number of imide groups is 1.